The van der Waals surface area contributed by atoms with Gasteiger partial charge in [-0.25, -0.2) is 0 Å². The van der Waals surface area contributed by atoms with Crippen molar-refractivity contribution in [3.63, 3.8) is 0 Å². The first kappa shape index (κ1) is 17.1. The fourth-order valence-electron chi connectivity index (χ4n) is 1.36. The summed E-state index contributed by atoms with van der Waals surface area (Å²) in [6.45, 7) is 13.2. The number of hydrazone groups is 1. The first-order valence-electron chi connectivity index (χ1n) is 6.46. The van der Waals surface area contributed by atoms with Crippen LogP contribution < -0.4 is 16.5 Å². The number of rotatable bonds is 10. The van der Waals surface area contributed by atoms with Crippen LogP contribution in [0.2, 0.25) is 0 Å². The van der Waals surface area contributed by atoms with Crippen LogP contribution in [0.1, 0.15) is 26.7 Å². The van der Waals surface area contributed by atoms with Gasteiger partial charge in [0.05, 0.1) is 0 Å². The molecule has 0 aromatic carbocycles. The summed E-state index contributed by atoms with van der Waals surface area (Å²) in [6, 6.07) is 0. The van der Waals surface area contributed by atoms with Crippen molar-refractivity contribution in [1.82, 2.24) is 10.7 Å². The van der Waals surface area contributed by atoms with Gasteiger partial charge in [0.2, 0.25) is 0 Å². The summed E-state index contributed by atoms with van der Waals surface area (Å²) in [5.41, 5.74) is 10.3. The third-order valence-corrected chi connectivity index (χ3v) is 2.40. The van der Waals surface area contributed by atoms with Crippen molar-refractivity contribution in [2.45, 2.75) is 26.7 Å². The number of hydrogen-bond donors (Lipinski definition) is 3. The molecule has 0 aliphatic heterocycles. The van der Waals surface area contributed by atoms with Gasteiger partial charge in [-0.2, -0.15) is 5.10 Å². The minimum Gasteiger partial charge on any atom is -0.380 e. The molecule has 0 radical (unpaired) electrons. The number of allylic oxidation sites excluding steroid dienone is 2. The van der Waals surface area contributed by atoms with E-state index in [0.29, 0.717) is 11.5 Å². The number of hydrogen-bond acceptors (Lipinski definition) is 4. The van der Waals surface area contributed by atoms with Crippen molar-refractivity contribution in [1.29, 1.82) is 0 Å². The van der Waals surface area contributed by atoms with Crippen LogP contribution in [0.3, 0.4) is 0 Å². The van der Waals surface area contributed by atoms with E-state index in [-0.39, 0.29) is 0 Å². The Morgan fingerprint density at radius 1 is 1.37 bits per heavy atom. The Balaban J connectivity index is 4.36. The van der Waals surface area contributed by atoms with E-state index < -0.39 is 0 Å². The monoisotopic (exact) mass is 263 g/mol. The quantitative estimate of drug-likeness (QED) is 0.244. The summed E-state index contributed by atoms with van der Waals surface area (Å²) in [6.07, 6.45) is 6.91. The highest BCUT2D eigenvalue weighted by molar-refractivity contribution is 6.45. The Bertz CT molecular complexity index is 366. The third-order valence-electron chi connectivity index (χ3n) is 2.40. The van der Waals surface area contributed by atoms with Gasteiger partial charge in [-0.15, -0.1) is 0 Å². The maximum absolute atomic E-state index is 5.79. The summed E-state index contributed by atoms with van der Waals surface area (Å²) in [5.74, 6) is 0.293. The first-order chi connectivity index (χ1) is 9.19. The molecule has 0 saturated heterocycles. The second kappa shape index (κ2) is 11.2. The maximum atomic E-state index is 5.79. The van der Waals surface area contributed by atoms with Crippen LogP contribution in [0, 0.1) is 0 Å². The van der Waals surface area contributed by atoms with Crippen molar-refractivity contribution >= 4 is 11.5 Å². The minimum absolute atomic E-state index is 0.293. The molecule has 5 heteroatoms. The largest absolute Gasteiger partial charge is 0.380 e. The Hall–Kier alpha value is -1.88. The van der Waals surface area contributed by atoms with E-state index in [1.807, 2.05) is 13.0 Å². The van der Waals surface area contributed by atoms with Crippen LogP contribution in [0.4, 0.5) is 0 Å². The highest BCUT2D eigenvalue weighted by Crippen LogP contribution is 2.00. The number of nitrogens with two attached hydrogens (primary N) is 1. The molecule has 0 saturated carbocycles. The Labute approximate surface area is 116 Å². The summed E-state index contributed by atoms with van der Waals surface area (Å²) >= 11 is 0. The van der Waals surface area contributed by atoms with Gasteiger partial charge in [0.25, 0.3) is 0 Å². The highest BCUT2D eigenvalue weighted by Gasteiger charge is 2.00. The molecule has 0 fully saturated rings. The van der Waals surface area contributed by atoms with Gasteiger partial charge in [-0.3, -0.25) is 10.4 Å². The van der Waals surface area contributed by atoms with E-state index in [1.54, 1.807) is 6.08 Å². The molecule has 4 N–H and O–H groups in total. The van der Waals surface area contributed by atoms with Gasteiger partial charge in [0.15, 0.2) is 5.84 Å². The summed E-state index contributed by atoms with van der Waals surface area (Å²) in [5, 5.41) is 7.37. The van der Waals surface area contributed by atoms with Crippen molar-refractivity contribution in [2.24, 2.45) is 15.8 Å². The molecule has 0 unspecified atom stereocenters. The normalized spacial score (nSPS) is 13.3. The van der Waals surface area contributed by atoms with Crippen molar-refractivity contribution < 1.29 is 0 Å². The molecule has 0 amide bonds. The molecule has 19 heavy (non-hydrogen) atoms. The lowest BCUT2D eigenvalue weighted by Gasteiger charge is -2.07. The van der Waals surface area contributed by atoms with Gasteiger partial charge in [-0.1, -0.05) is 26.2 Å². The van der Waals surface area contributed by atoms with Crippen LogP contribution in [-0.4, -0.2) is 24.6 Å². The average Bonchev–Trinajstić information content (AvgIpc) is 2.43. The molecule has 0 heterocycles. The second-order valence-corrected chi connectivity index (χ2v) is 3.78. The van der Waals surface area contributed by atoms with Crippen LogP contribution >= 0.6 is 0 Å². The second-order valence-electron chi connectivity index (χ2n) is 3.78. The summed E-state index contributed by atoms with van der Waals surface area (Å²) in [4.78, 5) is 3.97. The molecule has 0 aromatic rings. The van der Waals surface area contributed by atoms with E-state index in [9.17, 15) is 0 Å². The van der Waals surface area contributed by atoms with Gasteiger partial charge >= 0.3 is 0 Å². The number of nitrogens with zero attached hydrogens (tertiary/aromatic N) is 2. The first-order valence-corrected chi connectivity index (χ1v) is 6.46. The predicted octanol–water partition coefficient (Wildman–Crippen LogP) is 1.91. The van der Waals surface area contributed by atoms with Gasteiger partial charge in [0, 0.05) is 11.9 Å². The molecule has 0 rings (SSSR count). The maximum Gasteiger partial charge on any atom is 0.169 e. The van der Waals surface area contributed by atoms with E-state index in [1.165, 1.54) is 6.20 Å². The van der Waals surface area contributed by atoms with Gasteiger partial charge in [-0.05, 0) is 38.9 Å². The fraction of sp³-hybridized carbons (Fsp3) is 0.429. The smallest absolute Gasteiger partial charge is 0.169 e. The molecule has 0 aromatic heterocycles. The van der Waals surface area contributed by atoms with Crippen LogP contribution in [0.5, 0.6) is 0 Å². The molecule has 5 nitrogen and oxygen atoms in total. The summed E-state index contributed by atoms with van der Waals surface area (Å²) in [7, 11) is 0. The van der Waals surface area contributed by atoms with E-state index >= 15 is 0 Å². The lowest BCUT2D eigenvalue weighted by molar-refractivity contribution is 0.650. The van der Waals surface area contributed by atoms with Gasteiger partial charge in [0.1, 0.15) is 5.71 Å². The zero-order valence-electron chi connectivity index (χ0n) is 11.9. The SMILES string of the molecule is C=CN=C(C=C)/C(N)=N/N/C(=C\C)CCCNCC. The average molecular weight is 263 g/mol. The van der Waals surface area contributed by atoms with Crippen LogP contribution in [-0.2, 0) is 0 Å². The number of amidine groups is 1. The fourth-order valence-corrected chi connectivity index (χ4v) is 1.36. The Morgan fingerprint density at radius 3 is 2.63 bits per heavy atom. The predicted molar refractivity (Wildman–Crippen MR) is 84.1 cm³/mol. The lowest BCUT2D eigenvalue weighted by Crippen LogP contribution is -2.25. The van der Waals surface area contributed by atoms with E-state index in [0.717, 1.165) is 31.6 Å². The van der Waals surface area contributed by atoms with Crippen molar-refractivity contribution in [3.05, 3.63) is 37.2 Å². The molecule has 106 valence electrons. The summed E-state index contributed by atoms with van der Waals surface area (Å²) < 4.78 is 0. The Kier molecular flexibility index (Phi) is 10.1. The number of aliphatic imine (C=N–C) groups is 1. The molecule has 0 spiro atoms. The molecular weight excluding hydrogens is 238 g/mol. The van der Waals surface area contributed by atoms with Crippen LogP contribution in [0.25, 0.3) is 0 Å². The van der Waals surface area contributed by atoms with Crippen molar-refractivity contribution in [2.75, 3.05) is 13.1 Å². The third kappa shape index (κ3) is 7.94. The standard InChI is InChI=1S/C14H25N5/c1-5-12(10-9-11-16-7-3)18-19-14(15)13(6-2)17-8-4/h5-6,8,16,18H,2,4,7,9-11H2,1,3H3,(H2,15,19)/b12-5-,17-13?. The zero-order valence-corrected chi connectivity index (χ0v) is 11.9. The molecule has 0 bridgehead atoms. The Morgan fingerprint density at radius 2 is 2.11 bits per heavy atom. The number of nitrogens with one attached hydrogen (secondary N) is 2. The highest BCUT2D eigenvalue weighted by atomic mass is 15.3. The zero-order chi connectivity index (χ0) is 14.5. The molecule has 0 atom stereocenters. The van der Waals surface area contributed by atoms with Crippen LogP contribution in [0.15, 0.2) is 47.3 Å². The van der Waals surface area contributed by atoms with Gasteiger partial charge < -0.3 is 11.1 Å². The lowest BCUT2D eigenvalue weighted by atomic mass is 10.2. The molecule has 0 aliphatic carbocycles. The topological polar surface area (TPSA) is 74.8 Å². The molecule has 0 aliphatic rings. The minimum atomic E-state index is 0.293. The molecular formula is C14H25N5. The van der Waals surface area contributed by atoms with E-state index in [2.05, 4.69) is 40.9 Å². The van der Waals surface area contributed by atoms with Crippen molar-refractivity contribution in [3.8, 4) is 0 Å². The van der Waals surface area contributed by atoms with E-state index in [4.69, 9.17) is 5.73 Å².